The fourth-order valence-corrected chi connectivity index (χ4v) is 2.69. The highest BCUT2D eigenvalue weighted by Gasteiger charge is 2.19. The highest BCUT2D eigenvalue weighted by Crippen LogP contribution is 2.25. The van der Waals surface area contributed by atoms with Crippen LogP contribution in [0.25, 0.3) is 0 Å². The van der Waals surface area contributed by atoms with Gasteiger partial charge in [-0.15, -0.1) is 0 Å². The summed E-state index contributed by atoms with van der Waals surface area (Å²) < 4.78 is 21.7. The smallest absolute Gasteiger partial charge is 0.147 e. The lowest BCUT2D eigenvalue weighted by Crippen LogP contribution is -2.16. The van der Waals surface area contributed by atoms with Gasteiger partial charge in [0.1, 0.15) is 15.6 Å². The number of rotatable bonds is 4. The zero-order valence-electron chi connectivity index (χ0n) is 8.66. The van der Waals surface area contributed by atoms with Gasteiger partial charge in [-0.2, -0.15) is 0 Å². The zero-order chi connectivity index (χ0) is 10.6. The molecular formula is C10H18O3S. The third-order valence-corrected chi connectivity index (χ3v) is 3.74. The molecular weight excluding hydrogens is 200 g/mol. The van der Waals surface area contributed by atoms with E-state index in [0.717, 1.165) is 25.7 Å². The normalized spacial score (nSPS) is 23.8. The second-order valence-electron chi connectivity index (χ2n) is 4.27. The third-order valence-electron chi connectivity index (χ3n) is 2.71. The summed E-state index contributed by atoms with van der Waals surface area (Å²) in [5, 5.41) is 0. The Bertz CT molecular complexity index is 292. The molecule has 0 radical (unpaired) electrons. The van der Waals surface area contributed by atoms with Crippen LogP contribution in [0.5, 0.6) is 0 Å². The molecule has 0 N–H and O–H groups in total. The average Bonchev–Trinajstić information content (AvgIpc) is 2.01. The molecule has 14 heavy (non-hydrogen) atoms. The summed E-state index contributed by atoms with van der Waals surface area (Å²) in [7, 11) is -2.82. The van der Waals surface area contributed by atoms with Gasteiger partial charge in [-0.05, 0) is 31.6 Å². The lowest BCUT2D eigenvalue weighted by atomic mass is 9.85. The predicted octanol–water partition coefficient (Wildman–Crippen LogP) is 1.57. The Hall–Kier alpha value is -0.380. The summed E-state index contributed by atoms with van der Waals surface area (Å²) in [4.78, 5) is 11.1. The molecule has 0 spiro atoms. The summed E-state index contributed by atoms with van der Waals surface area (Å²) in [6, 6.07) is 0. The molecule has 0 aromatic carbocycles. The van der Waals surface area contributed by atoms with Crippen LogP contribution in [-0.4, -0.2) is 26.2 Å². The van der Waals surface area contributed by atoms with E-state index in [1.807, 2.05) is 0 Å². The van der Waals surface area contributed by atoms with Crippen LogP contribution in [0.4, 0.5) is 0 Å². The van der Waals surface area contributed by atoms with Crippen molar-refractivity contribution in [2.24, 2.45) is 5.92 Å². The molecule has 0 bridgehead atoms. The molecule has 1 rings (SSSR count). The highest BCUT2D eigenvalue weighted by molar-refractivity contribution is 7.90. The molecule has 82 valence electrons. The van der Waals surface area contributed by atoms with Crippen LogP contribution in [0.15, 0.2) is 0 Å². The molecule has 1 aliphatic rings. The van der Waals surface area contributed by atoms with Gasteiger partial charge in [-0.3, -0.25) is 4.79 Å². The first-order valence-corrected chi connectivity index (χ1v) is 7.23. The van der Waals surface area contributed by atoms with Crippen LogP contribution in [0.1, 0.15) is 38.5 Å². The number of carbonyl (C=O) groups is 1. The Morgan fingerprint density at radius 3 is 2.71 bits per heavy atom. The van der Waals surface area contributed by atoms with Crippen molar-refractivity contribution in [3.05, 3.63) is 0 Å². The molecule has 0 aromatic heterocycles. The fraction of sp³-hybridized carbons (Fsp3) is 0.900. The quantitative estimate of drug-likeness (QED) is 0.719. The minimum atomic E-state index is -2.82. The third kappa shape index (κ3) is 4.74. The SMILES string of the molecule is CS(=O)(=O)CCCC1CCCC(=O)C1. The molecule has 1 saturated carbocycles. The van der Waals surface area contributed by atoms with E-state index in [2.05, 4.69) is 0 Å². The van der Waals surface area contributed by atoms with E-state index in [-0.39, 0.29) is 5.75 Å². The second kappa shape index (κ2) is 4.91. The molecule has 0 amide bonds. The number of carbonyl (C=O) groups excluding carboxylic acids is 1. The number of hydrogen-bond donors (Lipinski definition) is 0. The van der Waals surface area contributed by atoms with Crippen LogP contribution < -0.4 is 0 Å². The maximum absolute atomic E-state index is 11.1. The first kappa shape index (κ1) is 11.7. The van der Waals surface area contributed by atoms with Gasteiger partial charge >= 0.3 is 0 Å². The first-order chi connectivity index (χ1) is 6.47. The van der Waals surface area contributed by atoms with Crippen LogP contribution in [0.3, 0.4) is 0 Å². The van der Waals surface area contributed by atoms with Crippen molar-refractivity contribution in [1.29, 1.82) is 0 Å². The Morgan fingerprint density at radius 2 is 2.14 bits per heavy atom. The summed E-state index contributed by atoms with van der Waals surface area (Å²) >= 11 is 0. The molecule has 1 fully saturated rings. The van der Waals surface area contributed by atoms with E-state index in [1.54, 1.807) is 0 Å². The van der Waals surface area contributed by atoms with E-state index in [4.69, 9.17) is 0 Å². The van der Waals surface area contributed by atoms with Gasteiger partial charge in [0.25, 0.3) is 0 Å². The maximum atomic E-state index is 11.1. The standard InChI is InChI=1S/C10H18O3S/c1-14(12,13)7-3-5-9-4-2-6-10(11)8-9/h9H,2-8H2,1H3. The second-order valence-corrected chi connectivity index (χ2v) is 6.53. The van der Waals surface area contributed by atoms with Gasteiger partial charge in [0.05, 0.1) is 0 Å². The minimum absolute atomic E-state index is 0.262. The summed E-state index contributed by atoms with van der Waals surface area (Å²) in [6.45, 7) is 0. The Morgan fingerprint density at radius 1 is 1.43 bits per heavy atom. The van der Waals surface area contributed by atoms with Crippen molar-refractivity contribution in [1.82, 2.24) is 0 Å². The van der Waals surface area contributed by atoms with Crippen molar-refractivity contribution in [3.8, 4) is 0 Å². The van der Waals surface area contributed by atoms with Gasteiger partial charge in [-0.25, -0.2) is 8.42 Å². The van der Waals surface area contributed by atoms with E-state index < -0.39 is 9.84 Å². The van der Waals surface area contributed by atoms with Crippen molar-refractivity contribution in [3.63, 3.8) is 0 Å². The van der Waals surface area contributed by atoms with E-state index in [1.165, 1.54) is 6.26 Å². The molecule has 0 aromatic rings. The van der Waals surface area contributed by atoms with Crippen molar-refractivity contribution in [2.75, 3.05) is 12.0 Å². The van der Waals surface area contributed by atoms with Crippen LogP contribution in [-0.2, 0) is 14.6 Å². The van der Waals surface area contributed by atoms with Gasteiger partial charge in [0.15, 0.2) is 0 Å². The molecule has 3 nitrogen and oxygen atoms in total. The van der Waals surface area contributed by atoms with Crippen molar-refractivity contribution < 1.29 is 13.2 Å². The zero-order valence-corrected chi connectivity index (χ0v) is 9.48. The minimum Gasteiger partial charge on any atom is -0.300 e. The van der Waals surface area contributed by atoms with Crippen LogP contribution >= 0.6 is 0 Å². The monoisotopic (exact) mass is 218 g/mol. The topological polar surface area (TPSA) is 51.2 Å². The van der Waals surface area contributed by atoms with Gasteiger partial charge in [0, 0.05) is 24.9 Å². The molecule has 1 unspecified atom stereocenters. The van der Waals surface area contributed by atoms with Gasteiger partial charge < -0.3 is 0 Å². The van der Waals surface area contributed by atoms with E-state index in [0.29, 0.717) is 24.5 Å². The Labute approximate surface area is 85.8 Å². The largest absolute Gasteiger partial charge is 0.300 e. The molecule has 0 aliphatic heterocycles. The first-order valence-electron chi connectivity index (χ1n) is 5.17. The number of sulfone groups is 1. The van der Waals surface area contributed by atoms with Crippen LogP contribution in [0, 0.1) is 5.92 Å². The number of ketones is 1. The lowest BCUT2D eigenvalue weighted by molar-refractivity contribution is -0.121. The molecule has 4 heteroatoms. The van der Waals surface area contributed by atoms with Gasteiger partial charge in [0.2, 0.25) is 0 Å². The summed E-state index contributed by atoms with van der Waals surface area (Å²) in [5.41, 5.74) is 0. The molecule has 1 aliphatic carbocycles. The highest BCUT2D eigenvalue weighted by atomic mass is 32.2. The summed E-state index contributed by atoms with van der Waals surface area (Å²) in [6.07, 6.45) is 6.33. The average molecular weight is 218 g/mol. The Balaban J connectivity index is 2.21. The predicted molar refractivity (Wildman–Crippen MR) is 55.9 cm³/mol. The van der Waals surface area contributed by atoms with Crippen molar-refractivity contribution in [2.45, 2.75) is 38.5 Å². The van der Waals surface area contributed by atoms with Gasteiger partial charge in [-0.1, -0.05) is 0 Å². The van der Waals surface area contributed by atoms with Crippen molar-refractivity contribution >= 4 is 15.6 Å². The molecule has 0 heterocycles. The lowest BCUT2D eigenvalue weighted by Gasteiger charge is -2.20. The number of Topliss-reactive ketones (excluding diaryl/α,β-unsaturated/α-hetero) is 1. The maximum Gasteiger partial charge on any atom is 0.147 e. The number of hydrogen-bond acceptors (Lipinski definition) is 3. The van der Waals surface area contributed by atoms with E-state index >= 15 is 0 Å². The Kier molecular flexibility index (Phi) is 4.11. The summed E-state index contributed by atoms with van der Waals surface area (Å²) in [5.74, 6) is 1.05. The fourth-order valence-electron chi connectivity index (χ4n) is 1.99. The van der Waals surface area contributed by atoms with E-state index in [9.17, 15) is 13.2 Å². The van der Waals surface area contributed by atoms with Crippen LogP contribution in [0.2, 0.25) is 0 Å². The molecule has 1 atom stereocenters. The molecule has 0 saturated heterocycles.